The summed E-state index contributed by atoms with van der Waals surface area (Å²) >= 11 is 0. The van der Waals surface area contributed by atoms with E-state index in [0.29, 0.717) is 0 Å². The number of anilines is 1. The smallest absolute Gasteiger partial charge is 0.190 e. The van der Waals surface area contributed by atoms with Gasteiger partial charge in [-0.2, -0.15) is 0 Å². The summed E-state index contributed by atoms with van der Waals surface area (Å²) in [5, 5.41) is 12.2. The van der Waals surface area contributed by atoms with Gasteiger partial charge in [0.15, 0.2) is 11.6 Å². The molecule has 0 fully saturated rings. The largest absolute Gasteiger partial charge is 0.505 e. The lowest BCUT2D eigenvalue weighted by Gasteiger charge is -2.31. The van der Waals surface area contributed by atoms with Crippen LogP contribution in [0.3, 0.4) is 0 Å². The maximum atomic E-state index is 14.0. The van der Waals surface area contributed by atoms with Gasteiger partial charge in [-0.15, -0.1) is 0 Å². The third-order valence-corrected chi connectivity index (χ3v) is 4.72. The summed E-state index contributed by atoms with van der Waals surface area (Å²) < 4.78 is 41.3. The lowest BCUT2D eigenvalue weighted by atomic mass is 9.75. The first kappa shape index (κ1) is 18.1. The normalized spacial score (nSPS) is 16.0. The highest BCUT2D eigenvalue weighted by molar-refractivity contribution is 5.76. The van der Waals surface area contributed by atoms with Crippen molar-refractivity contribution < 1.29 is 18.3 Å². The van der Waals surface area contributed by atoms with Crippen LogP contribution in [0.15, 0.2) is 54.1 Å². The Morgan fingerprint density at radius 3 is 2.62 bits per heavy atom. The first-order valence-corrected chi connectivity index (χ1v) is 8.36. The highest BCUT2D eigenvalue weighted by Gasteiger charge is 2.26. The molecule has 0 spiro atoms. The predicted octanol–water partition coefficient (Wildman–Crippen LogP) is 5.66. The summed E-state index contributed by atoms with van der Waals surface area (Å²) in [5.41, 5.74) is 1.99. The van der Waals surface area contributed by atoms with Crippen LogP contribution in [0.25, 0.3) is 5.57 Å². The number of nitrogens with one attached hydrogen (secondary N) is 1. The second-order valence-corrected chi connectivity index (χ2v) is 7.04. The molecular formula is C21H20F3NO. The Kier molecular flexibility index (Phi) is 4.81. The summed E-state index contributed by atoms with van der Waals surface area (Å²) in [4.78, 5) is 0. The Morgan fingerprint density at radius 2 is 1.88 bits per heavy atom. The van der Waals surface area contributed by atoms with E-state index in [2.05, 4.69) is 5.32 Å². The molecule has 1 aliphatic rings. The van der Waals surface area contributed by atoms with Crippen molar-refractivity contribution >= 4 is 11.3 Å². The fourth-order valence-electron chi connectivity index (χ4n) is 2.98. The Bertz CT molecular complexity index is 900. The molecule has 0 aliphatic heterocycles. The van der Waals surface area contributed by atoms with Gasteiger partial charge in [-0.25, -0.2) is 13.2 Å². The van der Waals surface area contributed by atoms with Crippen molar-refractivity contribution in [1.82, 2.24) is 0 Å². The molecule has 0 aromatic heterocycles. The molecule has 0 unspecified atom stereocenters. The summed E-state index contributed by atoms with van der Waals surface area (Å²) in [6, 6.07) is 8.30. The van der Waals surface area contributed by atoms with E-state index in [-0.39, 0.29) is 23.5 Å². The van der Waals surface area contributed by atoms with Gasteiger partial charge < -0.3 is 10.4 Å². The number of benzene rings is 2. The van der Waals surface area contributed by atoms with Crippen molar-refractivity contribution in [3.8, 4) is 5.75 Å². The maximum absolute atomic E-state index is 14.0. The highest BCUT2D eigenvalue weighted by Crippen LogP contribution is 2.39. The number of allylic oxidation sites excluding steroid dienone is 3. The van der Waals surface area contributed by atoms with Crippen LogP contribution in [0.4, 0.5) is 18.9 Å². The standard InChI is InChI=1S/C21H20F3NO/c1-21(2)9-8-14(13-4-3-5-16(22)11-13)10-15(21)12-25-20-17(23)6-7-18(26)19(20)24/h3-8,10-11,25-26H,9,12H2,1-2H3. The molecule has 5 heteroatoms. The molecular weight excluding hydrogens is 339 g/mol. The average molecular weight is 359 g/mol. The second kappa shape index (κ2) is 6.90. The zero-order chi connectivity index (χ0) is 18.9. The third kappa shape index (κ3) is 3.62. The molecule has 2 N–H and O–H groups in total. The quantitative estimate of drug-likeness (QED) is 0.738. The maximum Gasteiger partial charge on any atom is 0.190 e. The Labute approximate surface area is 150 Å². The molecule has 0 bridgehead atoms. The van der Waals surface area contributed by atoms with Crippen molar-refractivity contribution in [3.63, 3.8) is 0 Å². The minimum absolute atomic E-state index is 0.205. The lowest BCUT2D eigenvalue weighted by Crippen LogP contribution is -2.23. The molecule has 3 rings (SSSR count). The van der Waals surface area contributed by atoms with Crippen molar-refractivity contribution in [1.29, 1.82) is 0 Å². The van der Waals surface area contributed by atoms with Crippen molar-refractivity contribution in [3.05, 3.63) is 77.1 Å². The van der Waals surface area contributed by atoms with Crippen LogP contribution < -0.4 is 5.32 Å². The molecule has 2 nitrogen and oxygen atoms in total. The topological polar surface area (TPSA) is 32.3 Å². The first-order chi connectivity index (χ1) is 12.3. The van der Waals surface area contributed by atoms with Crippen LogP contribution in [0.5, 0.6) is 5.75 Å². The number of hydrogen-bond donors (Lipinski definition) is 2. The number of rotatable bonds is 4. The van der Waals surface area contributed by atoms with Crippen LogP contribution in [-0.2, 0) is 0 Å². The van der Waals surface area contributed by atoms with Gasteiger partial charge in [-0.1, -0.05) is 38.1 Å². The number of phenols is 1. The molecule has 0 saturated carbocycles. The molecule has 0 atom stereocenters. The Balaban J connectivity index is 1.87. The van der Waals surface area contributed by atoms with Gasteiger partial charge in [0, 0.05) is 6.54 Å². The summed E-state index contributed by atoms with van der Waals surface area (Å²) in [6.07, 6.45) is 4.68. The highest BCUT2D eigenvalue weighted by atomic mass is 19.1. The van der Waals surface area contributed by atoms with E-state index in [0.717, 1.165) is 35.3 Å². The molecule has 2 aromatic carbocycles. The summed E-state index contributed by atoms with van der Waals surface area (Å²) in [5.74, 6) is -2.70. The monoisotopic (exact) mass is 359 g/mol. The summed E-state index contributed by atoms with van der Waals surface area (Å²) in [7, 11) is 0. The van der Waals surface area contributed by atoms with Crippen molar-refractivity contribution in [2.24, 2.45) is 5.41 Å². The van der Waals surface area contributed by atoms with Gasteiger partial charge in [0.1, 0.15) is 17.3 Å². The molecule has 136 valence electrons. The van der Waals surface area contributed by atoms with Crippen LogP contribution in [0, 0.1) is 22.9 Å². The fraction of sp³-hybridized carbons (Fsp3) is 0.238. The van der Waals surface area contributed by atoms with Crippen LogP contribution in [-0.4, -0.2) is 11.7 Å². The Morgan fingerprint density at radius 1 is 1.12 bits per heavy atom. The van der Waals surface area contributed by atoms with Gasteiger partial charge >= 0.3 is 0 Å². The minimum atomic E-state index is -1.01. The van der Waals surface area contributed by atoms with Gasteiger partial charge in [-0.3, -0.25) is 0 Å². The average Bonchev–Trinajstić information content (AvgIpc) is 2.59. The predicted molar refractivity (Wildman–Crippen MR) is 97.4 cm³/mol. The first-order valence-electron chi connectivity index (χ1n) is 8.36. The van der Waals surface area contributed by atoms with Gasteiger partial charge in [0.2, 0.25) is 0 Å². The Hall–Kier alpha value is -2.69. The van der Waals surface area contributed by atoms with Crippen molar-refractivity contribution in [2.75, 3.05) is 11.9 Å². The van der Waals surface area contributed by atoms with Crippen LogP contribution in [0.1, 0.15) is 25.8 Å². The van der Waals surface area contributed by atoms with E-state index in [1.54, 1.807) is 6.07 Å². The van der Waals surface area contributed by atoms with Gasteiger partial charge in [0.05, 0.1) is 0 Å². The van der Waals surface area contributed by atoms with E-state index in [1.165, 1.54) is 12.1 Å². The SMILES string of the molecule is CC1(C)CC=C(c2cccc(F)c2)C=C1CNc1c(F)ccc(O)c1F. The number of halogens is 3. The molecule has 26 heavy (non-hydrogen) atoms. The number of aromatic hydroxyl groups is 1. The minimum Gasteiger partial charge on any atom is -0.505 e. The van der Waals surface area contributed by atoms with E-state index < -0.39 is 17.4 Å². The molecule has 0 saturated heterocycles. The van der Waals surface area contributed by atoms with Crippen LogP contribution in [0.2, 0.25) is 0 Å². The van der Waals surface area contributed by atoms with E-state index in [4.69, 9.17) is 0 Å². The zero-order valence-electron chi connectivity index (χ0n) is 14.6. The van der Waals surface area contributed by atoms with Gasteiger partial charge in [0.25, 0.3) is 0 Å². The number of phenolic OH excluding ortho intramolecular Hbond substituents is 1. The van der Waals surface area contributed by atoms with E-state index in [1.807, 2.05) is 32.1 Å². The van der Waals surface area contributed by atoms with E-state index >= 15 is 0 Å². The molecule has 1 aliphatic carbocycles. The van der Waals surface area contributed by atoms with Crippen molar-refractivity contribution in [2.45, 2.75) is 20.3 Å². The zero-order valence-corrected chi connectivity index (χ0v) is 14.6. The van der Waals surface area contributed by atoms with Gasteiger partial charge in [-0.05, 0) is 52.8 Å². The molecule has 0 heterocycles. The lowest BCUT2D eigenvalue weighted by molar-refractivity contribution is 0.428. The van der Waals surface area contributed by atoms with Crippen LogP contribution >= 0.6 is 0 Å². The third-order valence-electron chi connectivity index (χ3n) is 4.72. The number of hydrogen-bond acceptors (Lipinski definition) is 2. The molecule has 2 aromatic rings. The molecule has 0 amide bonds. The van der Waals surface area contributed by atoms with E-state index in [9.17, 15) is 18.3 Å². The summed E-state index contributed by atoms with van der Waals surface area (Å²) in [6.45, 7) is 4.28. The fourth-order valence-corrected chi connectivity index (χ4v) is 2.98. The molecule has 0 radical (unpaired) electrons. The second-order valence-electron chi connectivity index (χ2n) is 7.04.